The van der Waals surface area contributed by atoms with Gasteiger partial charge in [-0.05, 0) is 29.8 Å². The molecule has 31 heavy (non-hydrogen) atoms. The van der Waals surface area contributed by atoms with Crippen molar-refractivity contribution in [3.05, 3.63) is 47.8 Å². The van der Waals surface area contributed by atoms with Crippen LogP contribution in [0.3, 0.4) is 0 Å². The van der Waals surface area contributed by atoms with E-state index in [4.69, 9.17) is 14.2 Å². The van der Waals surface area contributed by atoms with E-state index in [-0.39, 0.29) is 12.5 Å². The first-order valence-corrected chi connectivity index (χ1v) is 9.89. The highest BCUT2D eigenvalue weighted by molar-refractivity contribution is 5.86. The van der Waals surface area contributed by atoms with E-state index in [0.717, 1.165) is 11.3 Å². The molecule has 0 aliphatic carbocycles. The van der Waals surface area contributed by atoms with Gasteiger partial charge in [-0.1, -0.05) is 6.07 Å². The predicted molar refractivity (Wildman–Crippen MR) is 120 cm³/mol. The fraction of sp³-hybridized carbons (Fsp3) is 0.409. The Kier molecular flexibility index (Phi) is 9.41. The van der Waals surface area contributed by atoms with Crippen molar-refractivity contribution >= 4 is 11.9 Å². The summed E-state index contributed by atoms with van der Waals surface area (Å²) in [6.45, 7) is 1.18. The van der Waals surface area contributed by atoms with Crippen molar-refractivity contribution in [3.63, 3.8) is 0 Å². The molecule has 0 saturated heterocycles. The molecule has 1 aromatic heterocycles. The molecule has 0 unspecified atom stereocenters. The third-order valence-electron chi connectivity index (χ3n) is 4.67. The fourth-order valence-electron chi connectivity index (χ4n) is 2.89. The van der Waals surface area contributed by atoms with Gasteiger partial charge in [0.2, 0.25) is 11.7 Å². The molecular weight excluding hydrogens is 398 g/mol. The highest BCUT2D eigenvalue weighted by atomic mass is 16.5. The van der Waals surface area contributed by atoms with Crippen molar-refractivity contribution < 1.29 is 19.0 Å². The van der Waals surface area contributed by atoms with Crippen LogP contribution in [0.15, 0.2) is 41.5 Å². The monoisotopic (exact) mass is 429 g/mol. The Morgan fingerprint density at radius 1 is 1.10 bits per heavy atom. The summed E-state index contributed by atoms with van der Waals surface area (Å²) in [7, 11) is 8.14. The zero-order chi connectivity index (χ0) is 22.6. The van der Waals surface area contributed by atoms with Crippen molar-refractivity contribution in [1.29, 1.82) is 0 Å². The molecule has 0 spiro atoms. The van der Waals surface area contributed by atoms with E-state index in [9.17, 15) is 4.79 Å². The number of amides is 1. The SMILES string of the molecule is CN=C(NCC(=O)N(C)CCc1ccccn1)NCc1cc(OC)c(OC)c(OC)c1. The molecule has 2 aromatic rings. The Morgan fingerprint density at radius 2 is 1.81 bits per heavy atom. The van der Waals surface area contributed by atoms with E-state index >= 15 is 0 Å². The third kappa shape index (κ3) is 7.06. The minimum Gasteiger partial charge on any atom is -0.493 e. The molecule has 168 valence electrons. The van der Waals surface area contributed by atoms with Crippen LogP contribution >= 0.6 is 0 Å². The van der Waals surface area contributed by atoms with E-state index in [1.807, 2.05) is 30.3 Å². The van der Waals surface area contributed by atoms with Crippen molar-refractivity contribution in [2.75, 3.05) is 48.5 Å². The minimum absolute atomic E-state index is 0.0355. The molecule has 0 atom stereocenters. The largest absolute Gasteiger partial charge is 0.493 e. The summed E-state index contributed by atoms with van der Waals surface area (Å²) in [5.74, 6) is 2.17. The van der Waals surface area contributed by atoms with Crippen molar-refractivity contribution in [2.24, 2.45) is 4.99 Å². The van der Waals surface area contributed by atoms with E-state index in [2.05, 4.69) is 20.6 Å². The normalized spacial score (nSPS) is 10.9. The average molecular weight is 430 g/mol. The van der Waals surface area contributed by atoms with Gasteiger partial charge in [-0.2, -0.15) is 0 Å². The molecule has 0 bridgehead atoms. The quantitative estimate of drug-likeness (QED) is 0.436. The lowest BCUT2D eigenvalue weighted by Gasteiger charge is -2.19. The van der Waals surface area contributed by atoms with Crippen LogP contribution in [0.4, 0.5) is 0 Å². The zero-order valence-electron chi connectivity index (χ0n) is 18.8. The van der Waals surface area contributed by atoms with Gasteiger partial charge >= 0.3 is 0 Å². The minimum atomic E-state index is -0.0355. The molecule has 1 amide bonds. The van der Waals surface area contributed by atoms with Crippen LogP contribution in [-0.4, -0.2) is 70.3 Å². The Balaban J connectivity index is 1.86. The fourth-order valence-corrected chi connectivity index (χ4v) is 2.89. The number of aromatic nitrogens is 1. The second-order valence-corrected chi connectivity index (χ2v) is 6.70. The number of methoxy groups -OCH3 is 3. The Morgan fingerprint density at radius 3 is 2.35 bits per heavy atom. The topological polar surface area (TPSA) is 97.3 Å². The van der Waals surface area contributed by atoms with Crippen molar-refractivity contribution in [3.8, 4) is 17.2 Å². The number of guanidine groups is 1. The van der Waals surface area contributed by atoms with Crippen LogP contribution in [0, 0.1) is 0 Å². The van der Waals surface area contributed by atoms with E-state index in [1.165, 1.54) is 0 Å². The summed E-state index contributed by atoms with van der Waals surface area (Å²) in [6.07, 6.45) is 2.46. The van der Waals surface area contributed by atoms with Crippen molar-refractivity contribution in [1.82, 2.24) is 20.5 Å². The Labute approximate surface area is 183 Å². The van der Waals surface area contributed by atoms with Gasteiger partial charge in [0, 0.05) is 45.5 Å². The molecule has 9 heteroatoms. The number of nitrogens with one attached hydrogen (secondary N) is 2. The number of likely N-dealkylation sites (N-methyl/N-ethyl adjacent to an activating group) is 1. The number of carbonyl (C=O) groups excluding carboxylic acids is 1. The maximum atomic E-state index is 12.4. The number of pyridine rings is 1. The lowest BCUT2D eigenvalue weighted by molar-refractivity contribution is -0.128. The van der Waals surface area contributed by atoms with Crippen LogP contribution < -0.4 is 24.8 Å². The third-order valence-corrected chi connectivity index (χ3v) is 4.67. The van der Waals surface area contributed by atoms with Crippen LogP contribution in [-0.2, 0) is 17.8 Å². The number of aliphatic imine (C=N–C) groups is 1. The molecule has 9 nitrogen and oxygen atoms in total. The van der Waals surface area contributed by atoms with Crippen LogP contribution in [0.2, 0.25) is 0 Å². The summed E-state index contributed by atoms with van der Waals surface area (Å²) < 4.78 is 16.1. The Hall–Kier alpha value is -3.49. The van der Waals surface area contributed by atoms with E-state index < -0.39 is 0 Å². The molecule has 2 N–H and O–H groups in total. The van der Waals surface area contributed by atoms with Gasteiger partial charge in [-0.3, -0.25) is 14.8 Å². The summed E-state index contributed by atoms with van der Waals surface area (Å²) in [5, 5.41) is 6.23. The molecule has 0 aliphatic rings. The maximum Gasteiger partial charge on any atom is 0.241 e. The molecule has 0 radical (unpaired) electrons. The first-order valence-electron chi connectivity index (χ1n) is 9.89. The molecule has 0 fully saturated rings. The summed E-state index contributed by atoms with van der Waals surface area (Å²) >= 11 is 0. The van der Waals surface area contributed by atoms with Gasteiger partial charge in [-0.25, -0.2) is 0 Å². The Bertz CT molecular complexity index is 848. The lowest BCUT2D eigenvalue weighted by Crippen LogP contribution is -2.43. The maximum absolute atomic E-state index is 12.4. The van der Waals surface area contributed by atoms with Crippen LogP contribution in [0.25, 0.3) is 0 Å². The summed E-state index contributed by atoms with van der Waals surface area (Å²) in [6, 6.07) is 9.48. The van der Waals surface area contributed by atoms with Gasteiger partial charge in [0.1, 0.15) is 0 Å². The number of ether oxygens (including phenoxy) is 3. The molecule has 1 heterocycles. The lowest BCUT2D eigenvalue weighted by atomic mass is 10.2. The van der Waals surface area contributed by atoms with Crippen LogP contribution in [0.5, 0.6) is 17.2 Å². The van der Waals surface area contributed by atoms with Gasteiger partial charge in [0.25, 0.3) is 0 Å². The zero-order valence-corrected chi connectivity index (χ0v) is 18.8. The smallest absolute Gasteiger partial charge is 0.241 e. The number of carbonyl (C=O) groups is 1. The van der Waals surface area contributed by atoms with Crippen LogP contribution in [0.1, 0.15) is 11.3 Å². The van der Waals surface area contributed by atoms with Gasteiger partial charge in [-0.15, -0.1) is 0 Å². The number of nitrogens with zero attached hydrogens (tertiary/aromatic N) is 3. The predicted octanol–water partition coefficient (Wildman–Crippen LogP) is 1.47. The van der Waals surface area contributed by atoms with Crippen molar-refractivity contribution in [2.45, 2.75) is 13.0 Å². The van der Waals surface area contributed by atoms with E-state index in [0.29, 0.717) is 42.7 Å². The highest BCUT2D eigenvalue weighted by Gasteiger charge is 2.14. The second-order valence-electron chi connectivity index (χ2n) is 6.70. The summed E-state index contributed by atoms with van der Waals surface area (Å²) in [5.41, 5.74) is 1.87. The highest BCUT2D eigenvalue weighted by Crippen LogP contribution is 2.38. The number of rotatable bonds is 10. The second kappa shape index (κ2) is 12.3. The van der Waals surface area contributed by atoms with E-state index in [1.54, 1.807) is 46.5 Å². The summed E-state index contributed by atoms with van der Waals surface area (Å²) in [4.78, 5) is 22.5. The standard InChI is InChI=1S/C22H31N5O4/c1-23-22(25-14-16-12-18(29-3)21(31-5)19(13-16)30-4)26-15-20(28)27(2)11-9-17-8-6-7-10-24-17/h6-8,10,12-13H,9,11,14-15H2,1-5H3,(H2,23,25,26). The molecular formula is C22H31N5O4. The first-order chi connectivity index (χ1) is 15.0. The number of benzene rings is 1. The van der Waals surface area contributed by atoms with Gasteiger partial charge < -0.3 is 29.7 Å². The van der Waals surface area contributed by atoms with Gasteiger partial charge in [0.05, 0.1) is 27.9 Å². The number of hydrogen-bond donors (Lipinski definition) is 2. The average Bonchev–Trinajstić information content (AvgIpc) is 2.82. The molecule has 2 rings (SSSR count). The first kappa shape index (κ1) is 23.8. The number of hydrogen-bond acceptors (Lipinski definition) is 6. The van der Waals surface area contributed by atoms with Gasteiger partial charge in [0.15, 0.2) is 17.5 Å². The molecule has 0 saturated carbocycles. The molecule has 0 aliphatic heterocycles. The molecule has 1 aromatic carbocycles.